The molecule has 0 fully saturated rings. The predicted molar refractivity (Wildman–Crippen MR) is 158 cm³/mol. The van der Waals surface area contributed by atoms with Crippen LogP contribution in [0.25, 0.3) is 33.0 Å². The maximum Gasteiger partial charge on any atom is 0.410 e. The Morgan fingerprint density at radius 1 is 0.854 bits per heavy atom. The van der Waals surface area contributed by atoms with Crippen molar-refractivity contribution in [3.63, 3.8) is 0 Å². The summed E-state index contributed by atoms with van der Waals surface area (Å²) in [6.45, 7) is 12.4. The van der Waals surface area contributed by atoms with Crippen molar-refractivity contribution in [2.24, 2.45) is 0 Å². The quantitative estimate of drug-likeness (QED) is 0.330. The van der Waals surface area contributed by atoms with Crippen molar-refractivity contribution in [2.75, 3.05) is 6.54 Å². The van der Waals surface area contributed by atoms with Gasteiger partial charge in [-0.3, -0.25) is 14.9 Å². The summed E-state index contributed by atoms with van der Waals surface area (Å²) < 4.78 is 9.98. The Morgan fingerprint density at radius 3 is 2.12 bits per heavy atom. The van der Waals surface area contributed by atoms with Gasteiger partial charge < -0.3 is 18.8 Å². The average Bonchev–Trinajstić information content (AvgIpc) is 3.49. The number of hydrogen-bond acceptors (Lipinski definition) is 4. The van der Waals surface area contributed by atoms with E-state index in [1.807, 2.05) is 57.4 Å². The summed E-state index contributed by atoms with van der Waals surface area (Å²) in [5, 5.41) is 4.47. The predicted octanol–water partition coefficient (Wildman–Crippen LogP) is 5.60. The highest BCUT2D eigenvalue weighted by Gasteiger charge is 2.38. The molecular formula is C33H34N4O4. The minimum atomic E-state index is -0.581. The van der Waals surface area contributed by atoms with Gasteiger partial charge in [0.1, 0.15) is 5.60 Å². The second-order valence-corrected chi connectivity index (χ2v) is 13.1. The summed E-state index contributed by atoms with van der Waals surface area (Å²) in [7, 11) is 0. The van der Waals surface area contributed by atoms with Gasteiger partial charge in [0, 0.05) is 53.9 Å². The first kappa shape index (κ1) is 25.6. The molecule has 0 atom stereocenters. The van der Waals surface area contributed by atoms with Crippen LogP contribution in [0.4, 0.5) is 4.79 Å². The van der Waals surface area contributed by atoms with E-state index >= 15 is 0 Å². The fourth-order valence-electron chi connectivity index (χ4n) is 6.72. The lowest BCUT2D eigenvalue weighted by molar-refractivity contribution is -0.122. The zero-order valence-corrected chi connectivity index (χ0v) is 24.1. The van der Waals surface area contributed by atoms with Crippen LogP contribution in [-0.4, -0.2) is 44.1 Å². The number of rotatable bonds is 2. The highest BCUT2D eigenvalue weighted by Crippen LogP contribution is 2.44. The first-order chi connectivity index (χ1) is 19.4. The molecule has 2 aromatic carbocycles. The second kappa shape index (κ2) is 8.59. The molecule has 0 aliphatic carbocycles. The third-order valence-corrected chi connectivity index (χ3v) is 8.68. The van der Waals surface area contributed by atoms with Crippen molar-refractivity contribution in [3.05, 3.63) is 71.0 Å². The van der Waals surface area contributed by atoms with E-state index in [-0.39, 0.29) is 23.3 Å². The Bertz CT molecular complexity index is 1850. The number of ether oxygens (including phenoxy) is 1. The number of nitrogens with one attached hydrogen (secondary N) is 1. The van der Waals surface area contributed by atoms with Crippen molar-refractivity contribution in [2.45, 2.75) is 71.7 Å². The summed E-state index contributed by atoms with van der Waals surface area (Å²) >= 11 is 0. The van der Waals surface area contributed by atoms with Gasteiger partial charge in [-0.05, 0) is 43.7 Å². The first-order valence-corrected chi connectivity index (χ1v) is 14.2. The fraction of sp³-hybridized carbons (Fsp3) is 0.364. The molecule has 0 radical (unpaired) electrons. The minimum absolute atomic E-state index is 0.0286. The number of para-hydroxylation sites is 2. The standard InChI is InChI=1S/C33H34N4O4/c1-32(2,3)41-31(40)37-15-14-36-18-22(20-9-6-8-19(16-37)27(20)36)25-26(30(39)34-29(25)38)23-17-35-13-12-33(4,5)24-11-7-10-21(23)28(24)35/h6-11,17-18H,12-16H2,1-5H3,(H,34,38,39). The van der Waals surface area contributed by atoms with Crippen LogP contribution >= 0.6 is 0 Å². The molecule has 2 aromatic heterocycles. The number of aryl methyl sites for hydroxylation is 1. The fourth-order valence-corrected chi connectivity index (χ4v) is 6.72. The Hall–Kier alpha value is -4.33. The monoisotopic (exact) mass is 550 g/mol. The van der Waals surface area contributed by atoms with Crippen molar-refractivity contribution >= 4 is 50.9 Å². The Balaban J connectivity index is 1.39. The maximum absolute atomic E-state index is 13.5. The zero-order chi connectivity index (χ0) is 28.8. The lowest BCUT2D eigenvalue weighted by Gasteiger charge is -2.31. The number of benzene rings is 2. The number of aromatic nitrogens is 2. The highest BCUT2D eigenvalue weighted by atomic mass is 16.6. The Morgan fingerprint density at radius 2 is 1.46 bits per heavy atom. The molecule has 5 heterocycles. The van der Waals surface area contributed by atoms with Crippen LogP contribution in [0, 0.1) is 0 Å². The third-order valence-electron chi connectivity index (χ3n) is 8.68. The van der Waals surface area contributed by atoms with Crippen molar-refractivity contribution in [3.8, 4) is 0 Å². The molecule has 1 N–H and O–H groups in total. The van der Waals surface area contributed by atoms with Crippen LogP contribution in [0.2, 0.25) is 0 Å². The molecule has 41 heavy (non-hydrogen) atoms. The van der Waals surface area contributed by atoms with Gasteiger partial charge in [-0.25, -0.2) is 4.79 Å². The van der Waals surface area contributed by atoms with Gasteiger partial charge in [-0.15, -0.1) is 0 Å². The van der Waals surface area contributed by atoms with Gasteiger partial charge in [-0.1, -0.05) is 50.2 Å². The van der Waals surface area contributed by atoms with Gasteiger partial charge >= 0.3 is 6.09 Å². The largest absolute Gasteiger partial charge is 0.444 e. The molecule has 0 saturated heterocycles. The minimum Gasteiger partial charge on any atom is -0.444 e. The van der Waals surface area contributed by atoms with Crippen molar-refractivity contribution < 1.29 is 19.1 Å². The molecule has 210 valence electrons. The molecular weight excluding hydrogens is 516 g/mol. The molecule has 3 aliphatic rings. The Kier molecular flexibility index (Phi) is 5.37. The lowest BCUT2D eigenvalue weighted by atomic mass is 9.78. The lowest BCUT2D eigenvalue weighted by Crippen LogP contribution is -2.37. The third kappa shape index (κ3) is 3.91. The van der Waals surface area contributed by atoms with E-state index in [9.17, 15) is 14.4 Å². The summed E-state index contributed by atoms with van der Waals surface area (Å²) in [6.07, 6.45) is 4.67. The van der Waals surface area contributed by atoms with Crippen molar-refractivity contribution in [1.82, 2.24) is 19.4 Å². The van der Waals surface area contributed by atoms with Crippen molar-refractivity contribution in [1.29, 1.82) is 0 Å². The van der Waals surface area contributed by atoms with E-state index in [2.05, 4.69) is 40.4 Å². The number of amides is 3. The summed E-state index contributed by atoms with van der Waals surface area (Å²) in [4.78, 5) is 41.6. The molecule has 0 unspecified atom stereocenters. The number of carbonyl (C=O) groups is 3. The molecule has 3 aliphatic heterocycles. The van der Waals surface area contributed by atoms with E-state index in [1.54, 1.807) is 4.90 Å². The molecule has 4 aromatic rings. The summed E-state index contributed by atoms with van der Waals surface area (Å²) in [5.74, 6) is -0.748. The van der Waals surface area contributed by atoms with Gasteiger partial charge in [0.25, 0.3) is 11.8 Å². The molecule has 8 heteroatoms. The zero-order valence-electron chi connectivity index (χ0n) is 24.1. The normalized spacial score (nSPS) is 18.3. The van der Waals surface area contributed by atoms with Crippen LogP contribution in [0.3, 0.4) is 0 Å². The molecule has 3 amide bonds. The molecule has 0 saturated carbocycles. The van der Waals surface area contributed by atoms with E-state index < -0.39 is 5.60 Å². The highest BCUT2D eigenvalue weighted by molar-refractivity contribution is 6.50. The van der Waals surface area contributed by atoms with E-state index in [0.29, 0.717) is 30.8 Å². The van der Waals surface area contributed by atoms with Gasteiger partial charge in [-0.2, -0.15) is 0 Å². The summed E-state index contributed by atoms with van der Waals surface area (Å²) in [5.41, 5.74) is 6.14. The second-order valence-electron chi connectivity index (χ2n) is 13.1. The summed E-state index contributed by atoms with van der Waals surface area (Å²) in [6, 6.07) is 12.2. The Labute approximate surface area is 238 Å². The van der Waals surface area contributed by atoms with E-state index in [1.165, 1.54) is 5.56 Å². The van der Waals surface area contributed by atoms with Crippen LogP contribution in [0.15, 0.2) is 48.8 Å². The van der Waals surface area contributed by atoms with Gasteiger partial charge in [0.05, 0.1) is 28.7 Å². The maximum atomic E-state index is 13.5. The number of nitrogens with zero attached hydrogens (tertiary/aromatic N) is 3. The average molecular weight is 551 g/mol. The number of hydrogen-bond donors (Lipinski definition) is 1. The SMILES string of the molecule is CC(C)(C)OC(=O)N1CCn2cc(C3=C(c4cn5c6c(cccc46)C(C)(C)CC5)C(=O)NC3=O)c3cccc(c32)C1. The first-order valence-electron chi connectivity index (χ1n) is 14.2. The molecule has 8 nitrogen and oxygen atoms in total. The van der Waals surface area contributed by atoms with Gasteiger partial charge in [0.2, 0.25) is 0 Å². The van der Waals surface area contributed by atoms with E-state index in [0.717, 1.165) is 51.5 Å². The topological polar surface area (TPSA) is 85.6 Å². The van der Waals surface area contributed by atoms with E-state index in [4.69, 9.17) is 4.74 Å². The molecule has 0 bridgehead atoms. The number of imide groups is 1. The van der Waals surface area contributed by atoms with Crippen LogP contribution in [0.5, 0.6) is 0 Å². The van der Waals surface area contributed by atoms with Crippen LogP contribution in [0.1, 0.15) is 63.3 Å². The van der Waals surface area contributed by atoms with Crippen LogP contribution < -0.4 is 5.32 Å². The number of carbonyl (C=O) groups excluding carboxylic acids is 3. The van der Waals surface area contributed by atoms with Gasteiger partial charge in [0.15, 0.2) is 0 Å². The van der Waals surface area contributed by atoms with Crippen LogP contribution in [-0.2, 0) is 39.4 Å². The molecule has 0 spiro atoms. The smallest absolute Gasteiger partial charge is 0.410 e. The molecule has 7 rings (SSSR count).